The van der Waals surface area contributed by atoms with Gasteiger partial charge < -0.3 is 20.5 Å². The molecule has 0 saturated heterocycles. The Morgan fingerprint density at radius 3 is 2.60 bits per heavy atom. The maximum Gasteiger partial charge on any atom is 0.251 e. The number of hydrogen-bond donors (Lipinski definition) is 2. The Bertz CT molecular complexity index is 429. The molecule has 1 atom stereocenters. The molecule has 1 unspecified atom stereocenters. The number of benzene rings is 1. The quantitative estimate of drug-likeness (QED) is 0.700. The van der Waals surface area contributed by atoms with Crippen LogP contribution in [0.5, 0.6) is 5.75 Å². The van der Waals surface area contributed by atoms with Gasteiger partial charge in [-0.15, -0.1) is 0 Å². The normalized spacial score (nSPS) is 15.7. The summed E-state index contributed by atoms with van der Waals surface area (Å²) in [5, 5.41) is 2.99. The summed E-state index contributed by atoms with van der Waals surface area (Å²) in [6.07, 6.45) is 2.32. The van der Waals surface area contributed by atoms with E-state index in [-0.39, 0.29) is 11.9 Å². The molecule has 5 nitrogen and oxygen atoms in total. The van der Waals surface area contributed by atoms with Gasteiger partial charge in [0.25, 0.3) is 5.91 Å². The minimum Gasteiger partial charge on any atom is -0.491 e. The van der Waals surface area contributed by atoms with Crippen molar-refractivity contribution in [2.24, 2.45) is 11.7 Å². The molecule has 1 aromatic carbocycles. The van der Waals surface area contributed by atoms with Crippen molar-refractivity contribution in [3.63, 3.8) is 0 Å². The molecule has 0 spiro atoms. The van der Waals surface area contributed by atoms with Gasteiger partial charge in [0.2, 0.25) is 0 Å². The van der Waals surface area contributed by atoms with Crippen molar-refractivity contribution in [3.05, 3.63) is 29.8 Å². The topological polar surface area (TPSA) is 73.6 Å². The molecule has 0 heterocycles. The van der Waals surface area contributed by atoms with E-state index in [1.807, 2.05) is 0 Å². The number of ether oxygens (including phenoxy) is 2. The molecule has 20 heavy (non-hydrogen) atoms. The Morgan fingerprint density at radius 1 is 1.35 bits per heavy atom. The molecule has 1 aliphatic carbocycles. The van der Waals surface area contributed by atoms with Gasteiger partial charge in [-0.1, -0.05) is 0 Å². The highest BCUT2D eigenvalue weighted by molar-refractivity contribution is 5.94. The van der Waals surface area contributed by atoms with Gasteiger partial charge in [-0.2, -0.15) is 0 Å². The van der Waals surface area contributed by atoms with Crippen molar-refractivity contribution < 1.29 is 14.3 Å². The summed E-state index contributed by atoms with van der Waals surface area (Å²) < 4.78 is 10.4. The first-order valence-electron chi connectivity index (χ1n) is 6.97. The van der Waals surface area contributed by atoms with Crippen molar-refractivity contribution in [3.8, 4) is 5.75 Å². The molecule has 5 heteroatoms. The fraction of sp³-hybridized carbons (Fsp3) is 0.533. The van der Waals surface area contributed by atoms with Gasteiger partial charge in [-0.05, 0) is 43.0 Å². The zero-order chi connectivity index (χ0) is 14.4. The molecule has 1 aromatic rings. The summed E-state index contributed by atoms with van der Waals surface area (Å²) in [6.45, 7) is 1.54. The first-order chi connectivity index (χ1) is 9.74. The number of hydrogen-bond acceptors (Lipinski definition) is 4. The van der Waals surface area contributed by atoms with E-state index in [1.165, 1.54) is 0 Å². The van der Waals surface area contributed by atoms with E-state index in [9.17, 15) is 4.79 Å². The first kappa shape index (κ1) is 14.8. The largest absolute Gasteiger partial charge is 0.491 e. The maximum atomic E-state index is 12.1. The molecular formula is C15H22N2O3. The zero-order valence-electron chi connectivity index (χ0n) is 11.8. The Kier molecular flexibility index (Phi) is 5.38. The minimum atomic E-state index is -0.0733. The van der Waals surface area contributed by atoms with Crippen molar-refractivity contribution in [2.45, 2.75) is 18.9 Å². The SMILES string of the molecule is COCCOc1ccc(C(=O)NC(CN)C2CC2)cc1. The van der Waals surface area contributed by atoms with E-state index < -0.39 is 0 Å². The predicted octanol–water partition coefficient (Wildman–Crippen LogP) is 1.18. The van der Waals surface area contributed by atoms with Crippen molar-refractivity contribution >= 4 is 5.91 Å². The van der Waals surface area contributed by atoms with Gasteiger partial charge in [-0.3, -0.25) is 4.79 Å². The van der Waals surface area contributed by atoms with Crippen LogP contribution in [0.3, 0.4) is 0 Å². The van der Waals surface area contributed by atoms with Gasteiger partial charge >= 0.3 is 0 Å². The highest BCUT2D eigenvalue weighted by atomic mass is 16.5. The molecule has 1 amide bonds. The highest BCUT2D eigenvalue weighted by Crippen LogP contribution is 2.32. The number of nitrogens with two attached hydrogens (primary N) is 1. The van der Waals surface area contributed by atoms with E-state index >= 15 is 0 Å². The van der Waals surface area contributed by atoms with Crippen LogP contribution in [0.1, 0.15) is 23.2 Å². The van der Waals surface area contributed by atoms with E-state index in [0.29, 0.717) is 31.2 Å². The second kappa shape index (κ2) is 7.26. The lowest BCUT2D eigenvalue weighted by molar-refractivity contribution is 0.0933. The Labute approximate surface area is 119 Å². The van der Waals surface area contributed by atoms with Crippen molar-refractivity contribution in [1.29, 1.82) is 0 Å². The zero-order valence-corrected chi connectivity index (χ0v) is 11.8. The second-order valence-corrected chi connectivity index (χ2v) is 5.02. The lowest BCUT2D eigenvalue weighted by atomic mass is 10.1. The number of carbonyl (C=O) groups is 1. The predicted molar refractivity (Wildman–Crippen MR) is 76.8 cm³/mol. The van der Waals surface area contributed by atoms with Crippen LogP contribution in [0.2, 0.25) is 0 Å². The number of nitrogens with one attached hydrogen (secondary N) is 1. The molecule has 1 aliphatic rings. The number of rotatable bonds is 8. The number of methoxy groups -OCH3 is 1. The average Bonchev–Trinajstić information content (AvgIpc) is 3.30. The minimum absolute atomic E-state index is 0.0733. The summed E-state index contributed by atoms with van der Waals surface area (Å²) in [5.74, 6) is 1.22. The fourth-order valence-electron chi connectivity index (χ4n) is 2.06. The monoisotopic (exact) mass is 278 g/mol. The smallest absolute Gasteiger partial charge is 0.251 e. The van der Waals surface area contributed by atoms with Gasteiger partial charge in [-0.25, -0.2) is 0 Å². The van der Waals surface area contributed by atoms with E-state index in [0.717, 1.165) is 18.6 Å². The molecule has 3 N–H and O–H groups in total. The molecule has 0 bridgehead atoms. The summed E-state index contributed by atoms with van der Waals surface area (Å²) in [6, 6.07) is 7.20. The van der Waals surface area contributed by atoms with Crippen LogP contribution in [-0.4, -0.2) is 38.8 Å². The molecular weight excluding hydrogens is 256 g/mol. The average molecular weight is 278 g/mol. The van der Waals surface area contributed by atoms with Gasteiger partial charge in [0.1, 0.15) is 12.4 Å². The molecule has 2 rings (SSSR count). The molecule has 0 radical (unpaired) electrons. The Morgan fingerprint density at radius 2 is 2.05 bits per heavy atom. The summed E-state index contributed by atoms with van der Waals surface area (Å²) in [4.78, 5) is 12.1. The summed E-state index contributed by atoms with van der Waals surface area (Å²) in [5.41, 5.74) is 6.31. The van der Waals surface area contributed by atoms with Crippen LogP contribution in [0, 0.1) is 5.92 Å². The van der Waals surface area contributed by atoms with Crippen LogP contribution < -0.4 is 15.8 Å². The second-order valence-electron chi connectivity index (χ2n) is 5.02. The third kappa shape index (κ3) is 4.21. The van der Waals surface area contributed by atoms with Crippen molar-refractivity contribution in [1.82, 2.24) is 5.32 Å². The van der Waals surface area contributed by atoms with Crippen LogP contribution in [-0.2, 0) is 4.74 Å². The number of carbonyl (C=O) groups excluding carboxylic acids is 1. The molecule has 0 aliphatic heterocycles. The maximum absolute atomic E-state index is 12.1. The van der Waals surface area contributed by atoms with Crippen LogP contribution >= 0.6 is 0 Å². The van der Waals surface area contributed by atoms with Crippen LogP contribution in [0.15, 0.2) is 24.3 Å². The third-order valence-electron chi connectivity index (χ3n) is 3.43. The molecule has 1 fully saturated rings. The third-order valence-corrected chi connectivity index (χ3v) is 3.43. The molecule has 110 valence electrons. The first-order valence-corrected chi connectivity index (χ1v) is 6.97. The lowest BCUT2D eigenvalue weighted by Gasteiger charge is -2.16. The van der Waals surface area contributed by atoms with Gasteiger partial charge in [0, 0.05) is 25.3 Å². The molecule has 0 aromatic heterocycles. The standard InChI is InChI=1S/C15H22N2O3/c1-19-8-9-20-13-6-4-12(5-7-13)15(18)17-14(10-16)11-2-3-11/h4-7,11,14H,2-3,8-10,16H2,1H3,(H,17,18). The summed E-state index contributed by atoms with van der Waals surface area (Å²) >= 11 is 0. The Hall–Kier alpha value is -1.59. The van der Waals surface area contributed by atoms with Gasteiger partial charge in [0.15, 0.2) is 0 Å². The van der Waals surface area contributed by atoms with E-state index in [4.69, 9.17) is 15.2 Å². The van der Waals surface area contributed by atoms with Crippen LogP contribution in [0.4, 0.5) is 0 Å². The highest BCUT2D eigenvalue weighted by Gasteiger charge is 2.31. The summed E-state index contributed by atoms with van der Waals surface area (Å²) in [7, 11) is 1.63. The van der Waals surface area contributed by atoms with Crippen LogP contribution in [0.25, 0.3) is 0 Å². The lowest BCUT2D eigenvalue weighted by Crippen LogP contribution is -2.41. The molecule has 1 saturated carbocycles. The van der Waals surface area contributed by atoms with E-state index in [2.05, 4.69) is 5.32 Å². The van der Waals surface area contributed by atoms with Crippen molar-refractivity contribution in [2.75, 3.05) is 26.9 Å². The Balaban J connectivity index is 1.86. The fourth-order valence-corrected chi connectivity index (χ4v) is 2.06. The van der Waals surface area contributed by atoms with E-state index in [1.54, 1.807) is 31.4 Å². The van der Waals surface area contributed by atoms with Gasteiger partial charge in [0.05, 0.1) is 6.61 Å². The number of amides is 1.